The number of nitrogens with zero attached hydrogens (tertiary/aromatic N) is 2. The van der Waals surface area contributed by atoms with E-state index in [1.54, 1.807) is 6.92 Å². The van der Waals surface area contributed by atoms with Gasteiger partial charge in [-0.15, -0.1) is 0 Å². The molecule has 20 heavy (non-hydrogen) atoms. The van der Waals surface area contributed by atoms with Gasteiger partial charge in [0.05, 0.1) is 6.04 Å². The van der Waals surface area contributed by atoms with E-state index in [1.165, 1.54) is 12.8 Å². The molecule has 2 aliphatic heterocycles. The van der Waals surface area contributed by atoms with Crippen LogP contribution in [0.2, 0.25) is 0 Å². The minimum absolute atomic E-state index is 0.0294. The standard InChI is InChI=1S/C15H29N3O2/c1-3-4-7-18-11-13(16-12(2)19)10-14(18)15(20)17-8-5-6-9-17/h13-15,20H,3-11H2,1-2H3,(H,16,19). The zero-order chi connectivity index (χ0) is 14.5. The summed E-state index contributed by atoms with van der Waals surface area (Å²) in [5.41, 5.74) is 0. The highest BCUT2D eigenvalue weighted by molar-refractivity contribution is 5.73. The van der Waals surface area contributed by atoms with Gasteiger partial charge in [-0.05, 0) is 32.2 Å². The molecule has 2 N–H and O–H groups in total. The Balaban J connectivity index is 1.96. The summed E-state index contributed by atoms with van der Waals surface area (Å²) in [6, 6.07) is 0.350. The van der Waals surface area contributed by atoms with Crippen molar-refractivity contribution >= 4 is 5.91 Å². The number of carbonyl (C=O) groups excluding carboxylic acids is 1. The van der Waals surface area contributed by atoms with Crippen LogP contribution in [0.4, 0.5) is 0 Å². The quantitative estimate of drug-likeness (QED) is 0.756. The monoisotopic (exact) mass is 283 g/mol. The molecule has 5 nitrogen and oxygen atoms in total. The van der Waals surface area contributed by atoms with Crippen LogP contribution in [0.1, 0.15) is 46.0 Å². The second-order valence-electron chi connectivity index (χ2n) is 6.21. The predicted molar refractivity (Wildman–Crippen MR) is 79.3 cm³/mol. The predicted octanol–water partition coefficient (Wildman–Crippen LogP) is 0.780. The first-order valence-corrected chi connectivity index (χ1v) is 8.05. The fourth-order valence-electron chi connectivity index (χ4n) is 3.50. The molecule has 5 heteroatoms. The van der Waals surface area contributed by atoms with Crippen LogP contribution < -0.4 is 5.32 Å². The minimum atomic E-state index is -0.381. The third-order valence-corrected chi connectivity index (χ3v) is 4.52. The van der Waals surface area contributed by atoms with Crippen molar-refractivity contribution in [2.75, 3.05) is 26.2 Å². The van der Waals surface area contributed by atoms with E-state index >= 15 is 0 Å². The Kier molecular flexibility index (Phi) is 5.81. The summed E-state index contributed by atoms with van der Waals surface area (Å²) >= 11 is 0. The molecule has 1 amide bonds. The molecule has 0 aliphatic carbocycles. The van der Waals surface area contributed by atoms with Gasteiger partial charge < -0.3 is 10.4 Å². The molecule has 0 aromatic heterocycles. The number of likely N-dealkylation sites (tertiary alicyclic amines) is 2. The van der Waals surface area contributed by atoms with Crippen molar-refractivity contribution in [1.29, 1.82) is 0 Å². The summed E-state index contributed by atoms with van der Waals surface area (Å²) in [6.45, 7) is 7.65. The van der Waals surface area contributed by atoms with Crippen LogP contribution in [0, 0.1) is 0 Å². The molecule has 0 bridgehead atoms. The van der Waals surface area contributed by atoms with Crippen molar-refractivity contribution in [2.24, 2.45) is 0 Å². The van der Waals surface area contributed by atoms with Gasteiger partial charge in [0.15, 0.2) is 0 Å². The Hall–Kier alpha value is -0.650. The van der Waals surface area contributed by atoms with Crippen LogP contribution in [0.3, 0.4) is 0 Å². The lowest BCUT2D eigenvalue weighted by Gasteiger charge is -2.33. The van der Waals surface area contributed by atoms with Crippen LogP contribution in [0.25, 0.3) is 0 Å². The maximum absolute atomic E-state index is 11.3. The molecule has 3 unspecified atom stereocenters. The summed E-state index contributed by atoms with van der Waals surface area (Å²) in [4.78, 5) is 15.8. The maximum Gasteiger partial charge on any atom is 0.217 e. The normalized spacial score (nSPS) is 29.8. The lowest BCUT2D eigenvalue weighted by Crippen LogP contribution is -2.48. The van der Waals surface area contributed by atoms with Crippen LogP contribution in [-0.2, 0) is 4.79 Å². The van der Waals surface area contributed by atoms with E-state index in [9.17, 15) is 9.90 Å². The van der Waals surface area contributed by atoms with Crippen LogP contribution >= 0.6 is 0 Å². The molecule has 116 valence electrons. The zero-order valence-electron chi connectivity index (χ0n) is 12.8. The van der Waals surface area contributed by atoms with Crippen molar-refractivity contribution < 1.29 is 9.90 Å². The van der Waals surface area contributed by atoms with E-state index in [0.717, 1.165) is 45.4 Å². The number of carbonyl (C=O) groups is 1. The molecule has 0 saturated carbocycles. The number of amides is 1. The molecule has 2 aliphatic rings. The van der Waals surface area contributed by atoms with Gasteiger partial charge in [0.25, 0.3) is 0 Å². The number of unbranched alkanes of at least 4 members (excludes halogenated alkanes) is 1. The molecular weight excluding hydrogens is 254 g/mol. The highest BCUT2D eigenvalue weighted by Crippen LogP contribution is 2.25. The largest absolute Gasteiger partial charge is 0.377 e. The smallest absolute Gasteiger partial charge is 0.217 e. The SMILES string of the molecule is CCCCN1CC(NC(C)=O)CC1C(O)N1CCCC1. The number of rotatable bonds is 6. The van der Waals surface area contributed by atoms with E-state index in [2.05, 4.69) is 22.0 Å². The molecular formula is C15H29N3O2. The van der Waals surface area contributed by atoms with E-state index in [0.29, 0.717) is 0 Å². The van der Waals surface area contributed by atoms with Gasteiger partial charge in [0, 0.05) is 32.6 Å². The van der Waals surface area contributed by atoms with E-state index in [4.69, 9.17) is 0 Å². The Bertz CT molecular complexity index is 318. The van der Waals surface area contributed by atoms with E-state index in [1.807, 2.05) is 0 Å². The minimum Gasteiger partial charge on any atom is -0.377 e. The molecule has 2 saturated heterocycles. The van der Waals surface area contributed by atoms with Crippen molar-refractivity contribution in [3.63, 3.8) is 0 Å². The zero-order valence-corrected chi connectivity index (χ0v) is 12.8. The Morgan fingerprint density at radius 1 is 1.40 bits per heavy atom. The van der Waals surface area contributed by atoms with Gasteiger partial charge in [0.1, 0.15) is 6.23 Å². The topological polar surface area (TPSA) is 55.8 Å². The number of aliphatic hydroxyl groups excluding tert-OH is 1. The molecule has 3 atom stereocenters. The second kappa shape index (κ2) is 7.38. The first-order valence-electron chi connectivity index (χ1n) is 8.05. The first kappa shape index (κ1) is 15.7. The average Bonchev–Trinajstić information content (AvgIpc) is 3.04. The summed E-state index contributed by atoms with van der Waals surface area (Å²) in [7, 11) is 0. The summed E-state index contributed by atoms with van der Waals surface area (Å²) in [6.07, 6.45) is 5.17. The number of aliphatic hydroxyl groups is 1. The number of hydrogen-bond acceptors (Lipinski definition) is 4. The Labute approximate surface area is 122 Å². The van der Waals surface area contributed by atoms with Gasteiger partial charge in [-0.25, -0.2) is 0 Å². The van der Waals surface area contributed by atoms with Gasteiger partial charge in [-0.1, -0.05) is 13.3 Å². The highest BCUT2D eigenvalue weighted by Gasteiger charge is 2.39. The lowest BCUT2D eigenvalue weighted by atomic mass is 10.1. The first-order chi connectivity index (χ1) is 9.61. The molecule has 2 rings (SSSR count). The Morgan fingerprint density at radius 3 is 2.70 bits per heavy atom. The molecule has 0 radical (unpaired) electrons. The van der Waals surface area contributed by atoms with Gasteiger partial charge >= 0.3 is 0 Å². The maximum atomic E-state index is 11.3. The van der Waals surface area contributed by atoms with Gasteiger partial charge in [0.2, 0.25) is 5.91 Å². The average molecular weight is 283 g/mol. The summed E-state index contributed by atoms with van der Waals surface area (Å²) in [5.74, 6) is 0.0294. The summed E-state index contributed by atoms with van der Waals surface area (Å²) in [5, 5.41) is 13.7. The van der Waals surface area contributed by atoms with Gasteiger partial charge in [-0.2, -0.15) is 0 Å². The third kappa shape index (κ3) is 3.93. The van der Waals surface area contributed by atoms with Gasteiger partial charge in [-0.3, -0.25) is 14.6 Å². The molecule has 2 fully saturated rings. The highest BCUT2D eigenvalue weighted by atomic mass is 16.3. The molecule has 0 aromatic carbocycles. The fraction of sp³-hybridized carbons (Fsp3) is 0.933. The van der Waals surface area contributed by atoms with Crippen LogP contribution in [-0.4, -0.2) is 65.3 Å². The van der Waals surface area contributed by atoms with E-state index in [-0.39, 0.29) is 24.2 Å². The van der Waals surface area contributed by atoms with Crippen molar-refractivity contribution in [2.45, 2.75) is 64.3 Å². The Morgan fingerprint density at radius 2 is 2.10 bits per heavy atom. The van der Waals surface area contributed by atoms with Crippen LogP contribution in [0.5, 0.6) is 0 Å². The fourth-order valence-corrected chi connectivity index (χ4v) is 3.50. The van der Waals surface area contributed by atoms with Crippen LogP contribution in [0.15, 0.2) is 0 Å². The third-order valence-electron chi connectivity index (χ3n) is 4.52. The van der Waals surface area contributed by atoms with E-state index < -0.39 is 0 Å². The number of nitrogens with one attached hydrogen (secondary N) is 1. The number of hydrogen-bond donors (Lipinski definition) is 2. The van der Waals surface area contributed by atoms with Crippen molar-refractivity contribution in [1.82, 2.24) is 15.1 Å². The lowest BCUT2D eigenvalue weighted by molar-refractivity contribution is -0.119. The molecule has 0 spiro atoms. The molecule has 0 aromatic rings. The second-order valence-corrected chi connectivity index (χ2v) is 6.21. The summed E-state index contributed by atoms with van der Waals surface area (Å²) < 4.78 is 0. The molecule has 2 heterocycles. The van der Waals surface area contributed by atoms with Crippen molar-refractivity contribution in [3.05, 3.63) is 0 Å². The van der Waals surface area contributed by atoms with Crippen molar-refractivity contribution in [3.8, 4) is 0 Å².